The van der Waals surface area contributed by atoms with Crippen molar-refractivity contribution < 1.29 is 8.42 Å². The molecule has 22 heavy (non-hydrogen) atoms. The van der Waals surface area contributed by atoms with Crippen molar-refractivity contribution in [2.75, 3.05) is 4.72 Å². The van der Waals surface area contributed by atoms with Crippen molar-refractivity contribution in [3.63, 3.8) is 0 Å². The lowest BCUT2D eigenvalue weighted by molar-refractivity contribution is 0.601. The van der Waals surface area contributed by atoms with E-state index >= 15 is 0 Å². The molecule has 3 rings (SSSR count). The predicted molar refractivity (Wildman–Crippen MR) is 88.2 cm³/mol. The van der Waals surface area contributed by atoms with Crippen LogP contribution in [0.25, 0.3) is 11.0 Å². The van der Waals surface area contributed by atoms with E-state index in [0.29, 0.717) is 15.8 Å². The van der Waals surface area contributed by atoms with E-state index in [1.54, 1.807) is 36.0 Å². The molecule has 0 amide bonds. The van der Waals surface area contributed by atoms with Crippen molar-refractivity contribution in [3.05, 3.63) is 46.7 Å². The second-order valence-corrected chi connectivity index (χ2v) is 7.47. The van der Waals surface area contributed by atoms with Crippen LogP contribution in [0.1, 0.15) is 5.69 Å². The van der Waals surface area contributed by atoms with Gasteiger partial charge in [-0.3, -0.25) is 9.40 Å². The number of aryl methyl sites for hydroxylation is 2. The van der Waals surface area contributed by atoms with Crippen molar-refractivity contribution in [1.29, 1.82) is 0 Å². The van der Waals surface area contributed by atoms with Gasteiger partial charge in [0.1, 0.15) is 0 Å². The van der Waals surface area contributed by atoms with Crippen LogP contribution in [0.5, 0.6) is 0 Å². The zero-order valence-corrected chi connectivity index (χ0v) is 14.3. The quantitative estimate of drug-likeness (QED) is 0.757. The van der Waals surface area contributed by atoms with Crippen molar-refractivity contribution in [1.82, 2.24) is 14.8 Å². The molecule has 3 aromatic rings. The highest BCUT2D eigenvalue weighted by Crippen LogP contribution is 2.23. The first-order valence-corrected chi connectivity index (χ1v) is 8.72. The van der Waals surface area contributed by atoms with E-state index in [9.17, 15) is 8.42 Å². The predicted octanol–water partition coefficient (Wildman–Crippen LogP) is 2.84. The lowest BCUT2D eigenvalue weighted by Crippen LogP contribution is -2.13. The zero-order chi connectivity index (χ0) is 15.9. The Morgan fingerprint density at radius 2 is 2.05 bits per heavy atom. The summed E-state index contributed by atoms with van der Waals surface area (Å²) < 4.78 is 29.7. The van der Waals surface area contributed by atoms with E-state index < -0.39 is 10.0 Å². The van der Waals surface area contributed by atoms with Gasteiger partial charge in [-0.25, -0.2) is 13.4 Å². The third-order valence-corrected chi connectivity index (χ3v) is 5.09. The number of halogens is 1. The van der Waals surface area contributed by atoms with Gasteiger partial charge in [0.25, 0.3) is 10.0 Å². The van der Waals surface area contributed by atoms with Crippen LogP contribution in [0.15, 0.2) is 45.9 Å². The number of sulfonamides is 1. The Hall–Kier alpha value is -1.93. The number of nitrogens with one attached hydrogen (secondary N) is 1. The Morgan fingerprint density at radius 3 is 2.77 bits per heavy atom. The Bertz CT molecular complexity index is 966. The summed E-state index contributed by atoms with van der Waals surface area (Å²) in [5.41, 5.74) is 1.92. The van der Waals surface area contributed by atoms with Crippen molar-refractivity contribution >= 4 is 42.7 Å². The van der Waals surface area contributed by atoms with Gasteiger partial charge in [0.15, 0.2) is 5.65 Å². The van der Waals surface area contributed by atoms with Crippen LogP contribution in [-0.2, 0) is 17.1 Å². The second-order valence-electron chi connectivity index (χ2n) is 4.87. The van der Waals surface area contributed by atoms with E-state index in [-0.39, 0.29) is 4.90 Å². The smallest absolute Gasteiger partial charge is 0.261 e. The monoisotopic (exact) mass is 380 g/mol. The van der Waals surface area contributed by atoms with E-state index in [0.717, 1.165) is 11.1 Å². The molecule has 0 aliphatic rings. The molecule has 0 aliphatic heterocycles. The number of pyridine rings is 1. The lowest BCUT2D eigenvalue weighted by Gasteiger charge is -2.08. The molecular weight excluding hydrogens is 368 g/mol. The zero-order valence-electron chi connectivity index (χ0n) is 11.9. The molecule has 0 saturated carbocycles. The Kier molecular flexibility index (Phi) is 3.65. The molecule has 0 unspecified atom stereocenters. The third-order valence-electron chi connectivity index (χ3n) is 3.22. The maximum absolute atomic E-state index is 12.4. The maximum atomic E-state index is 12.4. The van der Waals surface area contributed by atoms with E-state index in [4.69, 9.17) is 0 Å². The Morgan fingerprint density at radius 1 is 1.27 bits per heavy atom. The van der Waals surface area contributed by atoms with Gasteiger partial charge < -0.3 is 0 Å². The fourth-order valence-corrected chi connectivity index (χ4v) is 3.84. The molecule has 2 heterocycles. The first-order valence-electron chi connectivity index (χ1n) is 6.44. The first kappa shape index (κ1) is 15.0. The fourth-order valence-electron chi connectivity index (χ4n) is 2.21. The molecule has 2 aromatic heterocycles. The number of benzene rings is 1. The van der Waals surface area contributed by atoms with Crippen LogP contribution in [-0.4, -0.2) is 23.2 Å². The maximum Gasteiger partial charge on any atom is 0.261 e. The van der Waals surface area contributed by atoms with Crippen LogP contribution in [0, 0.1) is 6.92 Å². The van der Waals surface area contributed by atoms with Gasteiger partial charge in [-0.15, -0.1) is 0 Å². The highest BCUT2D eigenvalue weighted by Gasteiger charge is 2.16. The third kappa shape index (κ3) is 2.71. The molecule has 8 heteroatoms. The molecule has 0 spiro atoms. The Labute approximate surface area is 136 Å². The van der Waals surface area contributed by atoms with Crippen LogP contribution < -0.4 is 4.72 Å². The number of rotatable bonds is 3. The normalized spacial score (nSPS) is 11.8. The van der Waals surface area contributed by atoms with E-state index in [1.807, 2.05) is 6.92 Å². The molecule has 0 aliphatic carbocycles. The number of hydrogen-bond acceptors (Lipinski definition) is 4. The SMILES string of the molecule is Cc1nn(C)c2ncc(NS(=O)(=O)c3cccc(Br)c3)cc12. The topological polar surface area (TPSA) is 76.9 Å². The van der Waals surface area contributed by atoms with Gasteiger partial charge in [0.2, 0.25) is 0 Å². The number of hydrogen-bond donors (Lipinski definition) is 1. The summed E-state index contributed by atoms with van der Waals surface area (Å²) >= 11 is 3.27. The average Bonchev–Trinajstić information content (AvgIpc) is 2.73. The summed E-state index contributed by atoms with van der Waals surface area (Å²) in [5.74, 6) is 0. The first-order chi connectivity index (χ1) is 10.4. The van der Waals surface area contributed by atoms with Crippen molar-refractivity contribution in [2.45, 2.75) is 11.8 Å². The average molecular weight is 381 g/mol. The van der Waals surface area contributed by atoms with Gasteiger partial charge >= 0.3 is 0 Å². The van der Waals surface area contributed by atoms with Crippen molar-refractivity contribution in [2.24, 2.45) is 7.05 Å². The van der Waals surface area contributed by atoms with Crippen LogP contribution in [0.2, 0.25) is 0 Å². The molecule has 0 saturated heterocycles. The van der Waals surface area contributed by atoms with Crippen LogP contribution >= 0.6 is 15.9 Å². The molecule has 1 aromatic carbocycles. The van der Waals surface area contributed by atoms with Crippen LogP contribution in [0.3, 0.4) is 0 Å². The van der Waals surface area contributed by atoms with Crippen LogP contribution in [0.4, 0.5) is 5.69 Å². The summed E-state index contributed by atoms with van der Waals surface area (Å²) in [5, 5.41) is 5.08. The molecule has 0 atom stereocenters. The summed E-state index contributed by atoms with van der Waals surface area (Å²) in [6.07, 6.45) is 1.49. The number of nitrogens with zero attached hydrogens (tertiary/aromatic N) is 3. The highest BCUT2D eigenvalue weighted by atomic mass is 79.9. The summed E-state index contributed by atoms with van der Waals surface area (Å²) in [6, 6.07) is 8.26. The summed E-state index contributed by atoms with van der Waals surface area (Å²) in [4.78, 5) is 4.45. The van der Waals surface area contributed by atoms with Gasteiger partial charge in [0.05, 0.1) is 22.5 Å². The van der Waals surface area contributed by atoms with E-state index in [2.05, 4.69) is 30.7 Å². The minimum Gasteiger partial charge on any atom is -0.278 e. The minimum atomic E-state index is -3.66. The molecule has 1 N–H and O–H groups in total. The van der Waals surface area contributed by atoms with E-state index in [1.165, 1.54) is 12.3 Å². The number of fused-ring (bicyclic) bond motifs is 1. The Balaban J connectivity index is 2.00. The highest BCUT2D eigenvalue weighted by molar-refractivity contribution is 9.10. The van der Waals surface area contributed by atoms with Gasteiger partial charge in [-0.2, -0.15) is 5.10 Å². The number of anilines is 1. The summed E-state index contributed by atoms with van der Waals surface area (Å²) in [7, 11) is -1.86. The van der Waals surface area contributed by atoms with Gasteiger partial charge in [-0.1, -0.05) is 22.0 Å². The molecular formula is C14H13BrN4O2S. The molecule has 0 fully saturated rings. The molecule has 114 valence electrons. The molecule has 0 bridgehead atoms. The molecule has 6 nitrogen and oxygen atoms in total. The molecule has 0 radical (unpaired) electrons. The lowest BCUT2D eigenvalue weighted by atomic mass is 10.3. The minimum absolute atomic E-state index is 0.185. The van der Waals surface area contributed by atoms with Crippen molar-refractivity contribution in [3.8, 4) is 0 Å². The number of aromatic nitrogens is 3. The standard InChI is InChI=1S/C14H13BrN4O2S/c1-9-13-7-11(8-16-14(13)19(2)17-9)18-22(20,21)12-5-3-4-10(15)6-12/h3-8,18H,1-2H3. The van der Waals surface area contributed by atoms with Gasteiger partial charge in [0, 0.05) is 16.9 Å². The summed E-state index contributed by atoms with van der Waals surface area (Å²) in [6.45, 7) is 1.86. The fraction of sp³-hybridized carbons (Fsp3) is 0.143. The largest absolute Gasteiger partial charge is 0.278 e. The second kappa shape index (κ2) is 5.36. The van der Waals surface area contributed by atoms with Gasteiger partial charge in [-0.05, 0) is 31.2 Å².